The number of carbonyl (C=O) groups excluding carboxylic acids is 2. The van der Waals surface area contributed by atoms with E-state index in [4.69, 9.17) is 9.47 Å². The second kappa shape index (κ2) is 10.6. The summed E-state index contributed by atoms with van der Waals surface area (Å²) in [6, 6.07) is 17.3. The normalized spacial score (nSPS) is 10.8. The van der Waals surface area contributed by atoms with E-state index in [2.05, 4.69) is 4.74 Å². The minimum atomic E-state index is -2.91. The van der Waals surface area contributed by atoms with E-state index in [9.17, 15) is 18.4 Å². The van der Waals surface area contributed by atoms with Crippen LogP contribution in [0.25, 0.3) is 10.8 Å². The fraction of sp³-hybridized carbons (Fsp3) is 0.250. The number of likely N-dealkylation sites (N-methyl/N-ethyl adjacent to an activating group) is 1. The van der Waals surface area contributed by atoms with Gasteiger partial charge in [-0.1, -0.05) is 30.3 Å². The number of ether oxygens (including phenoxy) is 3. The lowest BCUT2D eigenvalue weighted by Crippen LogP contribution is -2.31. The first kappa shape index (κ1) is 23.0. The molecule has 1 amide bonds. The molecule has 8 heteroatoms. The van der Waals surface area contributed by atoms with Crippen LogP contribution in [0.3, 0.4) is 0 Å². The smallest absolute Gasteiger partial charge is 0.387 e. The van der Waals surface area contributed by atoms with Crippen molar-refractivity contribution in [3.05, 3.63) is 71.8 Å². The van der Waals surface area contributed by atoms with Gasteiger partial charge < -0.3 is 19.1 Å². The van der Waals surface area contributed by atoms with Gasteiger partial charge in [-0.2, -0.15) is 8.78 Å². The summed E-state index contributed by atoms with van der Waals surface area (Å²) >= 11 is 0. The number of amides is 1. The quantitative estimate of drug-likeness (QED) is 0.464. The summed E-state index contributed by atoms with van der Waals surface area (Å²) in [6.45, 7) is -2.93. The molecule has 0 aliphatic heterocycles. The third-order valence-corrected chi connectivity index (χ3v) is 4.81. The zero-order chi connectivity index (χ0) is 23.1. The fourth-order valence-corrected chi connectivity index (χ4v) is 3.12. The van der Waals surface area contributed by atoms with Gasteiger partial charge in [-0.25, -0.2) is 0 Å². The van der Waals surface area contributed by atoms with Gasteiger partial charge in [0.25, 0.3) is 5.91 Å². The van der Waals surface area contributed by atoms with E-state index >= 15 is 0 Å². The average Bonchev–Trinajstić information content (AvgIpc) is 2.78. The standard InChI is InChI=1S/C24H23F2NO5/c1-27(14-17-3-6-19-13-21(30-2)10-7-18(19)11-17)22(28)15-31-23(29)12-16-4-8-20(9-5-16)32-24(25)26/h3-11,13,24H,12,14-15H2,1-2H3. The van der Waals surface area contributed by atoms with Crippen LogP contribution in [0.4, 0.5) is 8.78 Å². The molecule has 0 aliphatic rings. The van der Waals surface area contributed by atoms with Crippen molar-refractivity contribution < 1.29 is 32.6 Å². The Morgan fingerprint density at radius 1 is 0.906 bits per heavy atom. The molecule has 0 N–H and O–H groups in total. The first-order chi connectivity index (χ1) is 15.3. The lowest BCUT2D eigenvalue weighted by Gasteiger charge is -2.17. The number of rotatable bonds is 9. The maximum atomic E-state index is 12.3. The molecular formula is C24H23F2NO5. The van der Waals surface area contributed by atoms with Crippen molar-refractivity contribution in [3.8, 4) is 11.5 Å². The van der Waals surface area contributed by atoms with Gasteiger partial charge in [0.05, 0.1) is 13.5 Å². The summed E-state index contributed by atoms with van der Waals surface area (Å²) in [4.78, 5) is 25.8. The van der Waals surface area contributed by atoms with E-state index in [1.807, 2.05) is 36.4 Å². The Balaban J connectivity index is 1.48. The van der Waals surface area contributed by atoms with Crippen LogP contribution < -0.4 is 9.47 Å². The van der Waals surface area contributed by atoms with E-state index in [0.29, 0.717) is 12.1 Å². The largest absolute Gasteiger partial charge is 0.497 e. The topological polar surface area (TPSA) is 65.1 Å². The molecule has 3 aromatic rings. The second-order valence-electron chi connectivity index (χ2n) is 7.16. The van der Waals surface area contributed by atoms with E-state index in [-0.39, 0.29) is 24.7 Å². The number of carbonyl (C=O) groups is 2. The summed E-state index contributed by atoms with van der Waals surface area (Å²) in [7, 11) is 3.25. The van der Waals surface area contributed by atoms with Crippen molar-refractivity contribution in [2.24, 2.45) is 0 Å². The molecule has 3 aromatic carbocycles. The Kier molecular flexibility index (Phi) is 7.59. The lowest BCUT2D eigenvalue weighted by atomic mass is 10.1. The number of methoxy groups -OCH3 is 1. The Morgan fingerprint density at radius 3 is 2.22 bits per heavy atom. The first-order valence-electron chi connectivity index (χ1n) is 9.84. The van der Waals surface area contributed by atoms with Crippen molar-refractivity contribution in [2.75, 3.05) is 20.8 Å². The minimum absolute atomic E-state index is 0.00162. The molecule has 0 atom stereocenters. The number of benzene rings is 3. The molecule has 0 radical (unpaired) electrons. The molecule has 0 heterocycles. The van der Waals surface area contributed by atoms with Crippen LogP contribution in [0.5, 0.6) is 11.5 Å². The molecule has 3 rings (SSSR count). The van der Waals surface area contributed by atoms with Crippen molar-refractivity contribution in [1.29, 1.82) is 0 Å². The number of alkyl halides is 2. The number of halogens is 2. The second-order valence-corrected chi connectivity index (χ2v) is 7.16. The molecule has 0 aliphatic carbocycles. The Labute approximate surface area is 184 Å². The van der Waals surface area contributed by atoms with Gasteiger partial charge in [0, 0.05) is 13.6 Å². The summed E-state index contributed by atoms with van der Waals surface area (Å²) in [5.74, 6) is -0.152. The Bertz CT molecular complexity index is 1090. The van der Waals surface area contributed by atoms with Crippen LogP contribution in [-0.2, 0) is 27.3 Å². The summed E-state index contributed by atoms with van der Waals surface area (Å²) in [5, 5.41) is 2.06. The SMILES string of the molecule is COc1ccc2cc(CN(C)C(=O)COC(=O)Cc3ccc(OC(F)F)cc3)ccc2c1. The van der Waals surface area contributed by atoms with Gasteiger partial charge in [0.1, 0.15) is 11.5 Å². The Hall–Kier alpha value is -3.68. The minimum Gasteiger partial charge on any atom is -0.497 e. The molecule has 32 heavy (non-hydrogen) atoms. The molecule has 0 unspecified atom stereocenters. The van der Waals surface area contributed by atoms with Crippen molar-refractivity contribution in [3.63, 3.8) is 0 Å². The van der Waals surface area contributed by atoms with E-state index < -0.39 is 12.6 Å². The van der Waals surface area contributed by atoms with Crippen LogP contribution in [0, 0.1) is 0 Å². The van der Waals surface area contributed by atoms with Crippen molar-refractivity contribution in [2.45, 2.75) is 19.6 Å². The molecule has 0 fully saturated rings. The number of fused-ring (bicyclic) bond motifs is 1. The lowest BCUT2D eigenvalue weighted by molar-refractivity contribution is -0.151. The molecule has 0 aromatic heterocycles. The highest BCUT2D eigenvalue weighted by Gasteiger charge is 2.14. The third-order valence-electron chi connectivity index (χ3n) is 4.81. The molecular weight excluding hydrogens is 420 g/mol. The molecule has 168 valence electrons. The molecule has 6 nitrogen and oxygen atoms in total. The molecule has 0 saturated heterocycles. The monoisotopic (exact) mass is 443 g/mol. The third kappa shape index (κ3) is 6.41. The predicted octanol–water partition coefficient (Wildman–Crippen LogP) is 4.19. The van der Waals surface area contributed by atoms with Gasteiger partial charge >= 0.3 is 12.6 Å². The first-order valence-corrected chi connectivity index (χ1v) is 9.84. The maximum absolute atomic E-state index is 12.3. The summed E-state index contributed by atoms with van der Waals surface area (Å²) in [6.07, 6.45) is -0.0832. The van der Waals surface area contributed by atoms with Gasteiger partial charge in [-0.3, -0.25) is 9.59 Å². The van der Waals surface area contributed by atoms with Crippen LogP contribution in [-0.4, -0.2) is 44.2 Å². The number of hydrogen-bond donors (Lipinski definition) is 0. The molecule has 0 bridgehead atoms. The number of esters is 1. The number of nitrogens with zero attached hydrogens (tertiary/aromatic N) is 1. The van der Waals surface area contributed by atoms with Gasteiger partial charge in [-0.15, -0.1) is 0 Å². The van der Waals surface area contributed by atoms with Crippen LogP contribution in [0.2, 0.25) is 0 Å². The van der Waals surface area contributed by atoms with Crippen molar-refractivity contribution in [1.82, 2.24) is 4.90 Å². The zero-order valence-corrected chi connectivity index (χ0v) is 17.7. The summed E-state index contributed by atoms with van der Waals surface area (Å²) in [5.41, 5.74) is 1.50. The molecule has 0 saturated carbocycles. The van der Waals surface area contributed by atoms with E-state index in [1.54, 1.807) is 14.2 Å². The maximum Gasteiger partial charge on any atom is 0.387 e. The average molecular weight is 443 g/mol. The van der Waals surface area contributed by atoms with Crippen LogP contribution >= 0.6 is 0 Å². The highest BCUT2D eigenvalue weighted by molar-refractivity contribution is 5.85. The highest BCUT2D eigenvalue weighted by Crippen LogP contribution is 2.22. The zero-order valence-electron chi connectivity index (χ0n) is 17.7. The highest BCUT2D eigenvalue weighted by atomic mass is 19.3. The van der Waals surface area contributed by atoms with E-state index in [1.165, 1.54) is 29.2 Å². The summed E-state index contributed by atoms with van der Waals surface area (Å²) < 4.78 is 38.9. The predicted molar refractivity (Wildman–Crippen MR) is 115 cm³/mol. The number of hydrogen-bond acceptors (Lipinski definition) is 5. The van der Waals surface area contributed by atoms with Crippen molar-refractivity contribution >= 4 is 22.6 Å². The van der Waals surface area contributed by atoms with Crippen LogP contribution in [0.1, 0.15) is 11.1 Å². The van der Waals surface area contributed by atoms with Gasteiger partial charge in [0.15, 0.2) is 6.61 Å². The van der Waals surface area contributed by atoms with Crippen LogP contribution in [0.15, 0.2) is 60.7 Å². The van der Waals surface area contributed by atoms with Gasteiger partial charge in [-0.05, 0) is 52.2 Å². The van der Waals surface area contributed by atoms with E-state index in [0.717, 1.165) is 22.1 Å². The molecule has 0 spiro atoms. The van der Waals surface area contributed by atoms with Gasteiger partial charge in [0.2, 0.25) is 0 Å². The Morgan fingerprint density at radius 2 is 1.53 bits per heavy atom. The fourth-order valence-electron chi connectivity index (χ4n) is 3.12.